The average molecular weight is 224 g/mol. The number of H-pyrrole nitrogens is 1. The summed E-state index contributed by atoms with van der Waals surface area (Å²) in [6, 6.07) is 1.73. The first-order chi connectivity index (χ1) is 7.69. The number of hydrogen-bond acceptors (Lipinski definition) is 3. The molecule has 0 aliphatic carbocycles. The number of nitrogens with zero attached hydrogens (tertiary/aromatic N) is 2. The van der Waals surface area contributed by atoms with Crippen molar-refractivity contribution in [2.24, 2.45) is 0 Å². The van der Waals surface area contributed by atoms with Gasteiger partial charge in [0.25, 0.3) is 0 Å². The highest BCUT2D eigenvalue weighted by molar-refractivity contribution is 5.81. The molecule has 1 aromatic heterocycles. The van der Waals surface area contributed by atoms with Crippen LogP contribution >= 0.6 is 0 Å². The third-order valence-corrected chi connectivity index (χ3v) is 2.60. The third kappa shape index (κ3) is 3.34. The van der Waals surface area contributed by atoms with Gasteiger partial charge in [-0.25, -0.2) is 0 Å². The van der Waals surface area contributed by atoms with Crippen molar-refractivity contribution in [1.29, 1.82) is 0 Å². The van der Waals surface area contributed by atoms with Gasteiger partial charge in [0.1, 0.15) is 0 Å². The number of hydrogen-bond donors (Lipinski definition) is 2. The van der Waals surface area contributed by atoms with Crippen LogP contribution in [-0.4, -0.2) is 40.1 Å². The van der Waals surface area contributed by atoms with Gasteiger partial charge in [-0.3, -0.25) is 9.89 Å². The van der Waals surface area contributed by atoms with Crippen LogP contribution in [-0.2, 0) is 11.3 Å². The number of aromatic nitrogens is 2. The molecule has 5 nitrogen and oxygen atoms in total. The van der Waals surface area contributed by atoms with Crippen LogP contribution in [0.1, 0.15) is 26.5 Å². The molecular weight excluding hydrogens is 204 g/mol. The second kappa shape index (κ2) is 6.27. The van der Waals surface area contributed by atoms with E-state index in [1.54, 1.807) is 6.20 Å². The third-order valence-electron chi connectivity index (χ3n) is 2.60. The highest BCUT2D eigenvalue weighted by Gasteiger charge is 2.17. The molecule has 0 fully saturated rings. The summed E-state index contributed by atoms with van der Waals surface area (Å²) >= 11 is 0. The van der Waals surface area contributed by atoms with Crippen molar-refractivity contribution in [2.75, 3.05) is 13.1 Å². The summed E-state index contributed by atoms with van der Waals surface area (Å²) in [5, 5.41) is 9.87. The van der Waals surface area contributed by atoms with E-state index in [0.29, 0.717) is 6.54 Å². The summed E-state index contributed by atoms with van der Waals surface area (Å²) in [6.45, 7) is 8.01. The van der Waals surface area contributed by atoms with E-state index in [1.807, 2.05) is 31.7 Å². The molecule has 0 saturated heterocycles. The minimum absolute atomic E-state index is 0.143. The monoisotopic (exact) mass is 224 g/mol. The molecule has 0 saturated carbocycles. The van der Waals surface area contributed by atoms with Crippen LogP contribution < -0.4 is 5.32 Å². The molecule has 0 spiro atoms. The van der Waals surface area contributed by atoms with Crippen LogP contribution in [0.15, 0.2) is 12.3 Å². The van der Waals surface area contributed by atoms with E-state index in [4.69, 9.17) is 0 Å². The van der Waals surface area contributed by atoms with Crippen LogP contribution in [0, 0.1) is 0 Å². The van der Waals surface area contributed by atoms with Crippen molar-refractivity contribution in [3.8, 4) is 0 Å². The second-order valence-corrected chi connectivity index (χ2v) is 3.69. The van der Waals surface area contributed by atoms with E-state index in [0.717, 1.165) is 18.8 Å². The molecule has 16 heavy (non-hydrogen) atoms. The molecule has 0 bridgehead atoms. The quantitative estimate of drug-likeness (QED) is 0.750. The van der Waals surface area contributed by atoms with Crippen LogP contribution in [0.4, 0.5) is 0 Å². The van der Waals surface area contributed by atoms with Crippen molar-refractivity contribution >= 4 is 5.91 Å². The van der Waals surface area contributed by atoms with Gasteiger partial charge in [0.15, 0.2) is 0 Å². The van der Waals surface area contributed by atoms with Crippen molar-refractivity contribution < 1.29 is 4.79 Å². The van der Waals surface area contributed by atoms with Gasteiger partial charge in [-0.1, -0.05) is 0 Å². The van der Waals surface area contributed by atoms with Crippen molar-refractivity contribution in [2.45, 2.75) is 33.4 Å². The van der Waals surface area contributed by atoms with Gasteiger partial charge in [-0.2, -0.15) is 5.10 Å². The Kier molecular flexibility index (Phi) is 4.98. The first kappa shape index (κ1) is 12.7. The zero-order valence-electron chi connectivity index (χ0n) is 10.2. The summed E-state index contributed by atoms with van der Waals surface area (Å²) < 4.78 is 0. The van der Waals surface area contributed by atoms with Gasteiger partial charge in [-0.15, -0.1) is 0 Å². The average Bonchev–Trinajstić information content (AvgIpc) is 2.80. The Morgan fingerprint density at radius 1 is 1.56 bits per heavy atom. The van der Waals surface area contributed by atoms with Gasteiger partial charge in [0.05, 0.1) is 6.04 Å². The summed E-state index contributed by atoms with van der Waals surface area (Å²) in [4.78, 5) is 13.7. The maximum atomic E-state index is 11.9. The second-order valence-electron chi connectivity index (χ2n) is 3.69. The SMILES string of the molecule is CCN(CC)C(=O)C(C)NCc1ccn[nH]1. The van der Waals surface area contributed by atoms with Gasteiger partial charge in [0, 0.05) is 31.5 Å². The van der Waals surface area contributed by atoms with Crippen LogP contribution in [0.5, 0.6) is 0 Å². The van der Waals surface area contributed by atoms with E-state index >= 15 is 0 Å². The number of amides is 1. The lowest BCUT2D eigenvalue weighted by Gasteiger charge is -2.23. The lowest BCUT2D eigenvalue weighted by Crippen LogP contribution is -2.44. The first-order valence-corrected chi connectivity index (χ1v) is 5.69. The molecule has 1 atom stereocenters. The Morgan fingerprint density at radius 2 is 2.25 bits per heavy atom. The number of carbonyl (C=O) groups is 1. The molecule has 0 aliphatic rings. The zero-order chi connectivity index (χ0) is 12.0. The first-order valence-electron chi connectivity index (χ1n) is 5.69. The molecule has 1 rings (SSSR count). The number of rotatable bonds is 6. The van der Waals surface area contributed by atoms with Gasteiger partial charge >= 0.3 is 0 Å². The molecule has 1 amide bonds. The Balaban J connectivity index is 2.39. The van der Waals surface area contributed by atoms with Gasteiger partial charge in [0.2, 0.25) is 5.91 Å². The van der Waals surface area contributed by atoms with Crippen molar-refractivity contribution in [3.05, 3.63) is 18.0 Å². The highest BCUT2D eigenvalue weighted by Crippen LogP contribution is 1.97. The molecule has 0 radical (unpaired) electrons. The molecule has 1 heterocycles. The maximum absolute atomic E-state index is 11.9. The lowest BCUT2D eigenvalue weighted by molar-refractivity contribution is -0.132. The lowest BCUT2D eigenvalue weighted by atomic mass is 10.2. The van der Waals surface area contributed by atoms with E-state index in [1.165, 1.54) is 0 Å². The standard InChI is InChI=1S/C11H20N4O/c1-4-15(5-2)11(16)9(3)12-8-10-6-7-13-14-10/h6-7,9,12H,4-5,8H2,1-3H3,(H,13,14). The molecule has 0 aromatic carbocycles. The van der Waals surface area contributed by atoms with E-state index in [2.05, 4.69) is 15.5 Å². The smallest absolute Gasteiger partial charge is 0.239 e. The molecular formula is C11H20N4O. The molecule has 0 aliphatic heterocycles. The topological polar surface area (TPSA) is 61.0 Å². The van der Waals surface area contributed by atoms with Gasteiger partial charge in [-0.05, 0) is 26.8 Å². The number of nitrogens with one attached hydrogen (secondary N) is 2. The maximum Gasteiger partial charge on any atom is 0.239 e. The number of aromatic amines is 1. The van der Waals surface area contributed by atoms with Gasteiger partial charge < -0.3 is 10.2 Å². The Labute approximate surface area is 96.2 Å². The van der Waals surface area contributed by atoms with Crippen LogP contribution in [0.3, 0.4) is 0 Å². The summed E-state index contributed by atoms with van der Waals surface area (Å²) in [5.41, 5.74) is 0.985. The van der Waals surface area contributed by atoms with Crippen LogP contribution in [0.2, 0.25) is 0 Å². The fourth-order valence-electron chi connectivity index (χ4n) is 1.54. The van der Waals surface area contributed by atoms with Crippen molar-refractivity contribution in [3.63, 3.8) is 0 Å². The Bertz CT molecular complexity index is 306. The minimum Gasteiger partial charge on any atom is -0.342 e. The van der Waals surface area contributed by atoms with E-state index in [-0.39, 0.29) is 11.9 Å². The number of carbonyl (C=O) groups excluding carboxylic acids is 1. The molecule has 5 heteroatoms. The van der Waals surface area contributed by atoms with Crippen LogP contribution in [0.25, 0.3) is 0 Å². The molecule has 90 valence electrons. The summed E-state index contributed by atoms with van der Waals surface area (Å²) in [7, 11) is 0. The van der Waals surface area contributed by atoms with E-state index < -0.39 is 0 Å². The highest BCUT2D eigenvalue weighted by atomic mass is 16.2. The normalized spacial score (nSPS) is 12.4. The van der Waals surface area contributed by atoms with E-state index in [9.17, 15) is 4.79 Å². The fraction of sp³-hybridized carbons (Fsp3) is 0.636. The summed E-state index contributed by atoms with van der Waals surface area (Å²) in [5.74, 6) is 0.143. The molecule has 1 aromatic rings. The predicted molar refractivity (Wildman–Crippen MR) is 62.8 cm³/mol. The summed E-state index contributed by atoms with van der Waals surface area (Å²) in [6.07, 6.45) is 1.70. The number of likely N-dealkylation sites (N-methyl/N-ethyl adjacent to an activating group) is 1. The predicted octanol–water partition coefficient (Wildman–Crippen LogP) is 0.756. The fourth-order valence-corrected chi connectivity index (χ4v) is 1.54. The zero-order valence-corrected chi connectivity index (χ0v) is 10.2. The minimum atomic E-state index is -0.164. The molecule has 1 unspecified atom stereocenters. The Morgan fingerprint density at radius 3 is 2.75 bits per heavy atom. The largest absolute Gasteiger partial charge is 0.342 e. The molecule has 2 N–H and O–H groups in total. The van der Waals surface area contributed by atoms with Crippen molar-refractivity contribution in [1.82, 2.24) is 20.4 Å². The Hall–Kier alpha value is -1.36.